The second-order valence-electron chi connectivity index (χ2n) is 5.31. The lowest BCUT2D eigenvalue weighted by Crippen LogP contribution is -2.45. The van der Waals surface area contributed by atoms with Crippen molar-refractivity contribution in [3.05, 3.63) is 29.8 Å². The molecule has 0 bridgehead atoms. The lowest BCUT2D eigenvalue weighted by Gasteiger charge is -2.33. The van der Waals surface area contributed by atoms with Gasteiger partial charge in [0, 0.05) is 11.3 Å². The predicted molar refractivity (Wildman–Crippen MR) is 76.6 cm³/mol. The minimum absolute atomic E-state index is 0.0544. The van der Waals surface area contributed by atoms with Gasteiger partial charge in [-0.05, 0) is 57.1 Å². The molecular weight excluding hydrogens is 256 g/mol. The van der Waals surface area contributed by atoms with E-state index in [1.165, 1.54) is 0 Å². The normalized spacial score (nSPS) is 18.6. The third-order valence-corrected chi connectivity index (χ3v) is 4.00. The summed E-state index contributed by atoms with van der Waals surface area (Å²) in [5, 5.41) is 8.98. The summed E-state index contributed by atoms with van der Waals surface area (Å²) in [6.45, 7) is 3.18. The Hall–Kier alpha value is -1.88. The van der Waals surface area contributed by atoms with Gasteiger partial charge in [-0.2, -0.15) is 0 Å². The Balaban J connectivity index is 1.98. The van der Waals surface area contributed by atoms with E-state index >= 15 is 0 Å². The third-order valence-electron chi connectivity index (χ3n) is 4.00. The molecule has 0 amide bonds. The molecule has 3 N–H and O–H groups in total. The van der Waals surface area contributed by atoms with Crippen LogP contribution in [0.25, 0.3) is 0 Å². The summed E-state index contributed by atoms with van der Waals surface area (Å²) >= 11 is 0. The predicted octanol–water partition coefficient (Wildman–Crippen LogP) is 1.64. The molecule has 2 rings (SSSR count). The van der Waals surface area contributed by atoms with Crippen LogP contribution >= 0.6 is 0 Å². The highest BCUT2D eigenvalue weighted by Crippen LogP contribution is 2.21. The van der Waals surface area contributed by atoms with E-state index < -0.39 is 5.97 Å². The molecule has 0 aliphatic carbocycles. The molecule has 0 saturated carbocycles. The summed E-state index contributed by atoms with van der Waals surface area (Å²) in [5.41, 5.74) is 6.89. The van der Waals surface area contributed by atoms with Gasteiger partial charge in [0.05, 0.1) is 12.0 Å². The summed E-state index contributed by atoms with van der Waals surface area (Å²) in [5.74, 6) is -0.953. The van der Waals surface area contributed by atoms with Crippen LogP contribution in [0.5, 0.6) is 0 Å². The Morgan fingerprint density at radius 3 is 2.30 bits per heavy atom. The Morgan fingerprint density at radius 2 is 1.80 bits per heavy atom. The van der Waals surface area contributed by atoms with Gasteiger partial charge >= 0.3 is 5.97 Å². The lowest BCUT2D eigenvalue weighted by atomic mass is 9.94. The molecule has 5 heteroatoms. The second-order valence-corrected chi connectivity index (χ2v) is 5.31. The first kappa shape index (κ1) is 14.5. The van der Waals surface area contributed by atoms with Gasteiger partial charge in [-0.15, -0.1) is 0 Å². The van der Waals surface area contributed by atoms with Crippen molar-refractivity contribution in [3.8, 4) is 0 Å². The molecule has 1 unspecified atom stereocenters. The number of nitrogens with two attached hydrogens (primary N) is 1. The van der Waals surface area contributed by atoms with Crippen molar-refractivity contribution >= 4 is 17.4 Å². The molecule has 0 aromatic heterocycles. The fraction of sp³-hybridized carbons (Fsp3) is 0.467. The van der Waals surface area contributed by atoms with Crippen LogP contribution < -0.4 is 5.73 Å². The van der Waals surface area contributed by atoms with Crippen LogP contribution in [0.4, 0.5) is 5.69 Å². The van der Waals surface area contributed by atoms with Crippen molar-refractivity contribution in [2.75, 3.05) is 18.8 Å². The van der Waals surface area contributed by atoms with Crippen LogP contribution in [-0.4, -0.2) is 40.9 Å². The van der Waals surface area contributed by atoms with Gasteiger partial charge in [0.15, 0.2) is 5.78 Å². The summed E-state index contributed by atoms with van der Waals surface area (Å²) < 4.78 is 0. The van der Waals surface area contributed by atoms with E-state index in [0.717, 1.165) is 0 Å². The molecule has 0 radical (unpaired) electrons. The molecule has 1 heterocycles. The van der Waals surface area contributed by atoms with E-state index in [9.17, 15) is 9.59 Å². The van der Waals surface area contributed by atoms with Gasteiger partial charge in [0.1, 0.15) is 0 Å². The molecule has 20 heavy (non-hydrogen) atoms. The van der Waals surface area contributed by atoms with E-state index in [1.54, 1.807) is 24.3 Å². The second kappa shape index (κ2) is 6.05. The molecule has 1 aliphatic heterocycles. The van der Waals surface area contributed by atoms with E-state index in [0.29, 0.717) is 37.2 Å². The van der Waals surface area contributed by atoms with Gasteiger partial charge in [-0.3, -0.25) is 14.5 Å². The maximum atomic E-state index is 12.4. The molecule has 1 fully saturated rings. The quantitative estimate of drug-likeness (QED) is 0.645. The van der Waals surface area contributed by atoms with Crippen molar-refractivity contribution in [1.29, 1.82) is 0 Å². The zero-order valence-electron chi connectivity index (χ0n) is 11.6. The Morgan fingerprint density at radius 1 is 1.25 bits per heavy atom. The fourth-order valence-corrected chi connectivity index (χ4v) is 2.59. The third kappa shape index (κ3) is 3.17. The SMILES string of the molecule is CC(C(=O)c1ccc(N)cc1)N1CCC(C(=O)O)CC1. The number of Topliss-reactive ketones (excluding diaryl/α,β-unsaturated/α-hetero) is 1. The fourth-order valence-electron chi connectivity index (χ4n) is 2.59. The van der Waals surface area contributed by atoms with Gasteiger partial charge in [-0.1, -0.05) is 0 Å². The molecule has 1 aromatic carbocycles. The number of aliphatic carboxylic acids is 1. The van der Waals surface area contributed by atoms with Gasteiger partial charge in [0.2, 0.25) is 0 Å². The Bertz CT molecular complexity index is 490. The van der Waals surface area contributed by atoms with Gasteiger partial charge in [0.25, 0.3) is 0 Å². The molecule has 1 aliphatic rings. The zero-order valence-corrected chi connectivity index (χ0v) is 11.6. The summed E-state index contributed by atoms with van der Waals surface area (Å²) in [6, 6.07) is 6.68. The van der Waals surface area contributed by atoms with E-state index in [1.807, 2.05) is 6.92 Å². The van der Waals surface area contributed by atoms with Crippen LogP contribution in [0.2, 0.25) is 0 Å². The minimum atomic E-state index is -0.734. The average Bonchev–Trinajstić information content (AvgIpc) is 2.46. The number of likely N-dealkylation sites (tertiary alicyclic amines) is 1. The van der Waals surface area contributed by atoms with Crippen molar-refractivity contribution in [3.63, 3.8) is 0 Å². The number of benzene rings is 1. The van der Waals surface area contributed by atoms with Crippen LogP contribution in [0.15, 0.2) is 24.3 Å². The average molecular weight is 276 g/mol. The molecule has 0 spiro atoms. The lowest BCUT2D eigenvalue weighted by molar-refractivity contribution is -0.143. The number of ketones is 1. The maximum absolute atomic E-state index is 12.4. The topological polar surface area (TPSA) is 83.6 Å². The van der Waals surface area contributed by atoms with Crippen LogP contribution in [0.1, 0.15) is 30.1 Å². The smallest absolute Gasteiger partial charge is 0.306 e. The standard InChI is InChI=1S/C15H20N2O3/c1-10(14(18)11-2-4-13(16)5-3-11)17-8-6-12(7-9-17)15(19)20/h2-5,10,12H,6-9,16H2,1H3,(H,19,20). The van der Waals surface area contributed by atoms with Crippen molar-refractivity contribution in [1.82, 2.24) is 4.90 Å². The summed E-state index contributed by atoms with van der Waals surface area (Å²) in [4.78, 5) is 25.3. The number of carbonyl (C=O) groups excluding carboxylic acids is 1. The first-order valence-electron chi connectivity index (χ1n) is 6.85. The number of piperidine rings is 1. The van der Waals surface area contributed by atoms with Crippen LogP contribution in [0, 0.1) is 5.92 Å². The monoisotopic (exact) mass is 276 g/mol. The number of carbonyl (C=O) groups is 2. The number of rotatable bonds is 4. The first-order chi connectivity index (χ1) is 9.49. The number of carboxylic acids is 1. The molecule has 1 aromatic rings. The highest BCUT2D eigenvalue weighted by molar-refractivity contribution is 6.00. The number of hydrogen-bond acceptors (Lipinski definition) is 4. The number of nitrogens with zero attached hydrogens (tertiary/aromatic N) is 1. The number of nitrogen functional groups attached to an aromatic ring is 1. The highest BCUT2D eigenvalue weighted by atomic mass is 16.4. The highest BCUT2D eigenvalue weighted by Gasteiger charge is 2.29. The van der Waals surface area contributed by atoms with Crippen LogP contribution in [-0.2, 0) is 4.79 Å². The zero-order chi connectivity index (χ0) is 14.7. The molecule has 1 atom stereocenters. The van der Waals surface area contributed by atoms with E-state index in [4.69, 9.17) is 10.8 Å². The first-order valence-corrected chi connectivity index (χ1v) is 6.85. The molecular formula is C15H20N2O3. The number of carboxylic acid groups (broad SMARTS) is 1. The van der Waals surface area contributed by atoms with Crippen molar-refractivity contribution < 1.29 is 14.7 Å². The minimum Gasteiger partial charge on any atom is -0.481 e. The van der Waals surface area contributed by atoms with Gasteiger partial charge < -0.3 is 10.8 Å². The summed E-state index contributed by atoms with van der Waals surface area (Å²) in [6.07, 6.45) is 1.21. The summed E-state index contributed by atoms with van der Waals surface area (Å²) in [7, 11) is 0. The molecule has 5 nitrogen and oxygen atoms in total. The maximum Gasteiger partial charge on any atom is 0.306 e. The Kier molecular flexibility index (Phi) is 4.39. The van der Waals surface area contributed by atoms with E-state index in [2.05, 4.69) is 4.90 Å². The van der Waals surface area contributed by atoms with Gasteiger partial charge in [-0.25, -0.2) is 0 Å². The molecule has 108 valence electrons. The largest absolute Gasteiger partial charge is 0.481 e. The number of anilines is 1. The van der Waals surface area contributed by atoms with E-state index in [-0.39, 0.29) is 17.7 Å². The van der Waals surface area contributed by atoms with Crippen molar-refractivity contribution in [2.45, 2.75) is 25.8 Å². The van der Waals surface area contributed by atoms with Crippen molar-refractivity contribution in [2.24, 2.45) is 5.92 Å². The Labute approximate surface area is 118 Å². The molecule has 1 saturated heterocycles. The number of hydrogen-bond donors (Lipinski definition) is 2. The van der Waals surface area contributed by atoms with Crippen LogP contribution in [0.3, 0.4) is 0 Å².